The van der Waals surface area contributed by atoms with E-state index in [1.165, 1.54) is 0 Å². The van der Waals surface area contributed by atoms with E-state index in [9.17, 15) is 14.4 Å². The van der Waals surface area contributed by atoms with Crippen molar-refractivity contribution in [1.82, 2.24) is 20.1 Å². The van der Waals surface area contributed by atoms with Crippen LogP contribution in [-0.4, -0.2) is 51.3 Å². The number of carbonyl (C=O) groups excluding carboxylic acids is 3. The molecule has 7 nitrogen and oxygen atoms in total. The van der Waals surface area contributed by atoms with Crippen molar-refractivity contribution in [2.75, 3.05) is 13.1 Å². The molecule has 2 aliphatic heterocycles. The number of pyridine rings is 1. The van der Waals surface area contributed by atoms with E-state index in [-0.39, 0.29) is 30.3 Å². The lowest BCUT2D eigenvalue weighted by molar-refractivity contribution is -0.139. The van der Waals surface area contributed by atoms with E-state index in [0.29, 0.717) is 6.54 Å². The summed E-state index contributed by atoms with van der Waals surface area (Å²) in [6, 6.07) is 5.12. The van der Waals surface area contributed by atoms with Crippen LogP contribution in [0.1, 0.15) is 44.3 Å². The molecule has 1 aromatic heterocycles. The summed E-state index contributed by atoms with van der Waals surface area (Å²) < 4.78 is 0. The highest BCUT2D eigenvalue weighted by atomic mass is 16.2. The highest BCUT2D eigenvalue weighted by molar-refractivity contribution is 6.09. The minimum Gasteiger partial charge on any atom is -0.333 e. The van der Waals surface area contributed by atoms with Gasteiger partial charge in [-0.1, -0.05) is 6.07 Å². The maximum absolute atomic E-state index is 12.8. The molecule has 3 fully saturated rings. The Labute approximate surface area is 146 Å². The number of nitrogens with zero attached hydrogens (tertiary/aromatic N) is 3. The van der Waals surface area contributed by atoms with Crippen LogP contribution >= 0.6 is 0 Å². The predicted molar refractivity (Wildman–Crippen MR) is 89.3 cm³/mol. The first-order valence-corrected chi connectivity index (χ1v) is 8.85. The van der Waals surface area contributed by atoms with E-state index in [1.807, 2.05) is 18.2 Å². The molecule has 7 heteroatoms. The van der Waals surface area contributed by atoms with Gasteiger partial charge in [-0.25, -0.2) is 4.79 Å². The number of imide groups is 1. The fourth-order valence-electron chi connectivity index (χ4n) is 3.97. The summed E-state index contributed by atoms with van der Waals surface area (Å²) in [7, 11) is 0. The molecule has 1 aliphatic carbocycles. The van der Waals surface area contributed by atoms with Crippen LogP contribution in [-0.2, 0) is 9.59 Å². The predicted octanol–water partition coefficient (Wildman–Crippen LogP) is 1.47. The van der Waals surface area contributed by atoms with E-state index >= 15 is 0 Å². The fourth-order valence-corrected chi connectivity index (χ4v) is 3.97. The first-order valence-electron chi connectivity index (χ1n) is 8.85. The SMILES string of the molecule is CC1(C2CC2)NC(=O)N(CC(=O)N2CCCC2c2ccccn2)C1=O. The molecule has 3 aliphatic rings. The van der Waals surface area contributed by atoms with E-state index in [1.54, 1.807) is 18.0 Å². The van der Waals surface area contributed by atoms with Crippen LogP contribution in [0.3, 0.4) is 0 Å². The van der Waals surface area contributed by atoms with Crippen molar-refractivity contribution in [2.24, 2.45) is 5.92 Å². The van der Waals surface area contributed by atoms with E-state index in [0.717, 1.165) is 36.3 Å². The van der Waals surface area contributed by atoms with Gasteiger partial charge in [0.25, 0.3) is 5.91 Å². The van der Waals surface area contributed by atoms with Crippen molar-refractivity contribution in [3.63, 3.8) is 0 Å². The Morgan fingerprint density at radius 3 is 2.80 bits per heavy atom. The normalized spacial score (nSPS) is 29.2. The lowest BCUT2D eigenvalue weighted by Crippen LogP contribution is -2.47. The molecule has 3 heterocycles. The molecule has 2 unspecified atom stereocenters. The monoisotopic (exact) mass is 342 g/mol. The van der Waals surface area contributed by atoms with Gasteiger partial charge in [0.1, 0.15) is 12.1 Å². The molecule has 1 N–H and O–H groups in total. The molecule has 4 rings (SSSR count). The first kappa shape index (κ1) is 16.1. The smallest absolute Gasteiger partial charge is 0.325 e. The zero-order valence-electron chi connectivity index (χ0n) is 14.3. The third kappa shape index (κ3) is 2.67. The number of rotatable bonds is 4. The number of hydrogen-bond acceptors (Lipinski definition) is 4. The molecular formula is C18H22N4O3. The second-order valence-electron chi connectivity index (χ2n) is 7.30. The molecular weight excluding hydrogens is 320 g/mol. The molecule has 1 saturated carbocycles. The lowest BCUT2D eigenvalue weighted by atomic mass is 9.96. The Bertz CT molecular complexity index is 718. The number of likely N-dealkylation sites (tertiary alicyclic amines) is 1. The Hall–Kier alpha value is -2.44. The minimum absolute atomic E-state index is 0.0794. The zero-order valence-corrected chi connectivity index (χ0v) is 14.3. The van der Waals surface area contributed by atoms with Crippen LogP contribution in [0.25, 0.3) is 0 Å². The first-order chi connectivity index (χ1) is 12.0. The number of nitrogens with one attached hydrogen (secondary N) is 1. The third-order valence-electron chi connectivity index (χ3n) is 5.59. The van der Waals surface area contributed by atoms with Gasteiger partial charge in [0.15, 0.2) is 0 Å². The minimum atomic E-state index is -0.844. The molecule has 2 saturated heterocycles. The average Bonchev–Trinajstić information content (AvgIpc) is 3.32. The van der Waals surface area contributed by atoms with Crippen LogP contribution in [0.2, 0.25) is 0 Å². The van der Waals surface area contributed by atoms with Crippen LogP contribution in [0.4, 0.5) is 4.79 Å². The summed E-state index contributed by atoms with van der Waals surface area (Å²) in [6.45, 7) is 2.20. The van der Waals surface area contributed by atoms with Gasteiger partial charge in [0.05, 0.1) is 11.7 Å². The standard InChI is InChI=1S/C18H22N4O3/c1-18(12-7-8-12)16(24)22(17(25)20-18)11-15(23)21-10-4-6-14(21)13-5-2-3-9-19-13/h2-3,5,9,12,14H,4,6-8,10-11H2,1H3,(H,20,25). The van der Waals surface area contributed by atoms with Gasteiger partial charge in [-0.05, 0) is 50.7 Å². The molecule has 1 aromatic rings. The summed E-state index contributed by atoms with van der Waals surface area (Å²) in [4.78, 5) is 44.9. The topological polar surface area (TPSA) is 82.6 Å². The molecule has 0 radical (unpaired) electrons. The molecule has 2 atom stereocenters. The molecule has 4 amide bonds. The lowest BCUT2D eigenvalue weighted by Gasteiger charge is -2.26. The Balaban J connectivity index is 1.48. The summed E-state index contributed by atoms with van der Waals surface area (Å²) in [6.07, 6.45) is 5.35. The van der Waals surface area contributed by atoms with Crippen molar-refractivity contribution in [1.29, 1.82) is 0 Å². The van der Waals surface area contributed by atoms with Crippen LogP contribution in [0.5, 0.6) is 0 Å². The molecule has 0 aromatic carbocycles. The van der Waals surface area contributed by atoms with Gasteiger partial charge >= 0.3 is 6.03 Å². The van der Waals surface area contributed by atoms with Gasteiger partial charge in [-0.3, -0.25) is 19.5 Å². The van der Waals surface area contributed by atoms with Crippen LogP contribution in [0, 0.1) is 5.92 Å². The summed E-state index contributed by atoms with van der Waals surface area (Å²) in [5.41, 5.74) is 0.0105. The van der Waals surface area contributed by atoms with E-state index in [4.69, 9.17) is 0 Å². The van der Waals surface area contributed by atoms with Crippen molar-refractivity contribution < 1.29 is 14.4 Å². The van der Waals surface area contributed by atoms with Gasteiger partial charge in [0, 0.05) is 12.7 Å². The summed E-state index contributed by atoms with van der Waals surface area (Å²) in [5.74, 6) is -0.282. The number of carbonyl (C=O) groups is 3. The Morgan fingerprint density at radius 2 is 2.12 bits per heavy atom. The molecule has 0 spiro atoms. The van der Waals surface area contributed by atoms with Crippen LogP contribution in [0.15, 0.2) is 24.4 Å². The summed E-state index contributed by atoms with van der Waals surface area (Å²) >= 11 is 0. The van der Waals surface area contributed by atoms with Crippen molar-refractivity contribution >= 4 is 17.8 Å². The number of amides is 4. The van der Waals surface area contributed by atoms with Crippen molar-refractivity contribution in [3.8, 4) is 0 Å². The van der Waals surface area contributed by atoms with Gasteiger partial charge in [0.2, 0.25) is 5.91 Å². The van der Waals surface area contributed by atoms with Gasteiger partial charge in [-0.2, -0.15) is 0 Å². The molecule has 132 valence electrons. The van der Waals surface area contributed by atoms with Crippen molar-refractivity contribution in [2.45, 2.75) is 44.2 Å². The summed E-state index contributed by atoms with van der Waals surface area (Å²) in [5, 5.41) is 2.79. The maximum Gasteiger partial charge on any atom is 0.325 e. The van der Waals surface area contributed by atoms with Gasteiger partial charge in [-0.15, -0.1) is 0 Å². The Morgan fingerprint density at radius 1 is 1.32 bits per heavy atom. The second kappa shape index (κ2) is 5.82. The van der Waals surface area contributed by atoms with Crippen LogP contribution < -0.4 is 5.32 Å². The highest BCUT2D eigenvalue weighted by Gasteiger charge is 2.56. The average molecular weight is 342 g/mol. The van der Waals surface area contributed by atoms with Gasteiger partial charge < -0.3 is 10.2 Å². The molecule has 25 heavy (non-hydrogen) atoms. The maximum atomic E-state index is 12.8. The van der Waals surface area contributed by atoms with Crippen molar-refractivity contribution in [3.05, 3.63) is 30.1 Å². The largest absolute Gasteiger partial charge is 0.333 e. The Kier molecular flexibility index (Phi) is 3.74. The van der Waals surface area contributed by atoms with E-state index in [2.05, 4.69) is 10.3 Å². The fraction of sp³-hybridized carbons (Fsp3) is 0.556. The zero-order chi connectivity index (χ0) is 17.6. The number of urea groups is 1. The van der Waals surface area contributed by atoms with E-state index < -0.39 is 11.6 Å². The highest BCUT2D eigenvalue weighted by Crippen LogP contribution is 2.42. The third-order valence-corrected chi connectivity index (χ3v) is 5.59. The number of hydrogen-bond donors (Lipinski definition) is 1. The second-order valence-corrected chi connectivity index (χ2v) is 7.30. The quantitative estimate of drug-likeness (QED) is 0.840. The number of aromatic nitrogens is 1. The molecule has 0 bridgehead atoms.